The van der Waals surface area contributed by atoms with E-state index in [1.165, 1.54) is 70.7 Å². The molecule has 4 nitrogen and oxygen atoms in total. The van der Waals surface area contributed by atoms with E-state index in [1.54, 1.807) is 0 Å². The summed E-state index contributed by atoms with van der Waals surface area (Å²) in [5, 5.41) is 11.0. The van der Waals surface area contributed by atoms with Crippen molar-refractivity contribution < 1.29 is 0 Å². The smallest absolute Gasteiger partial charge is 0.137 e. The van der Waals surface area contributed by atoms with E-state index in [1.807, 2.05) is 18.3 Å². The Labute approximate surface area is 324 Å². The third-order valence-corrected chi connectivity index (χ3v) is 11.5. The molecule has 0 amide bonds. The number of benzene rings is 6. The quantitative estimate of drug-likeness (QED) is 0.168. The van der Waals surface area contributed by atoms with Crippen molar-refractivity contribution in [1.82, 2.24) is 18.7 Å². The van der Waals surface area contributed by atoms with Crippen molar-refractivity contribution in [2.75, 3.05) is 0 Å². The number of para-hydroxylation sites is 2. The highest BCUT2D eigenvalue weighted by Crippen LogP contribution is 2.41. The predicted molar refractivity (Wildman–Crippen MR) is 237 cm³/mol. The lowest BCUT2D eigenvalue weighted by Crippen LogP contribution is -2.29. The van der Waals surface area contributed by atoms with E-state index in [4.69, 9.17) is 4.98 Å². The lowest BCUT2D eigenvalue weighted by Gasteiger charge is -2.11. The summed E-state index contributed by atoms with van der Waals surface area (Å²) in [6, 6.07) is 50.8. The van der Waals surface area contributed by atoms with Crippen LogP contribution in [-0.2, 0) is 6.42 Å². The van der Waals surface area contributed by atoms with Crippen molar-refractivity contribution in [2.24, 2.45) is 0 Å². The average Bonchev–Trinajstić information content (AvgIpc) is 3.86. The van der Waals surface area contributed by atoms with Crippen molar-refractivity contribution >= 4 is 83.1 Å². The standard InChI is InChI=1S/C52H38N4/c1-2-15-46-41(40-22-11-12-23-47(40)54(46)38-18-5-3-6-19-38)27-25-35-26-28-48-42(30-35)44-33-50-45(34-51(44)56(48)52-24-13-14-29-53-52)43-31-36-16-9-10-17-37(36)32-49(43)55(50)39-20-7-4-8-21-39/h2,4-5,7-24,26-34H,1,3,6,25H2/b41-27-,46-15+. The molecule has 0 aliphatic heterocycles. The van der Waals surface area contributed by atoms with Crippen LogP contribution in [-0.4, -0.2) is 18.7 Å². The van der Waals surface area contributed by atoms with Gasteiger partial charge < -0.3 is 9.13 Å². The van der Waals surface area contributed by atoms with Crippen LogP contribution in [0.4, 0.5) is 0 Å². The number of rotatable bonds is 6. The Morgan fingerprint density at radius 2 is 1.27 bits per heavy atom. The van der Waals surface area contributed by atoms with Crippen molar-refractivity contribution in [3.8, 4) is 11.5 Å². The zero-order valence-electron chi connectivity index (χ0n) is 30.9. The number of nitrogens with zero attached hydrogens (tertiary/aromatic N) is 4. The fourth-order valence-electron chi connectivity index (χ4n) is 9.01. The zero-order valence-corrected chi connectivity index (χ0v) is 30.9. The van der Waals surface area contributed by atoms with Crippen LogP contribution in [0.5, 0.6) is 0 Å². The van der Waals surface area contributed by atoms with Gasteiger partial charge in [0, 0.05) is 49.7 Å². The topological polar surface area (TPSA) is 27.7 Å². The van der Waals surface area contributed by atoms with Gasteiger partial charge in [0.15, 0.2) is 0 Å². The van der Waals surface area contributed by atoms with Crippen molar-refractivity contribution in [2.45, 2.75) is 19.3 Å². The fourth-order valence-corrected chi connectivity index (χ4v) is 9.01. The molecule has 11 rings (SSSR count). The van der Waals surface area contributed by atoms with Gasteiger partial charge in [-0.2, -0.15) is 0 Å². The van der Waals surface area contributed by atoms with Crippen LogP contribution in [0.25, 0.3) is 94.6 Å². The molecule has 4 heteroatoms. The summed E-state index contributed by atoms with van der Waals surface area (Å²) in [6.45, 7) is 4.11. The van der Waals surface area contributed by atoms with E-state index in [2.05, 4.69) is 184 Å². The Morgan fingerprint density at radius 1 is 0.571 bits per heavy atom. The molecule has 10 aromatic rings. The Bertz CT molecular complexity index is 3390. The molecule has 4 heterocycles. The fraction of sp³-hybridized carbons (Fsp3) is 0.0577. The monoisotopic (exact) mass is 718 g/mol. The summed E-state index contributed by atoms with van der Waals surface area (Å²) in [6.07, 6.45) is 18.1. The molecule has 1 aliphatic carbocycles. The SMILES string of the molecule is C=C/C=c1\c(=C/Cc2ccc3c(c2)c2cc4c(cc2n3-c2ccccn2)c2cc3ccccc3cc2n4-c2ccccc2)c2ccccc2n1C1=CCCC=C1. The molecular weight excluding hydrogens is 681 g/mol. The average molecular weight is 719 g/mol. The Hall–Kier alpha value is -7.17. The number of fused-ring (bicyclic) bond motifs is 8. The molecule has 0 radical (unpaired) electrons. The predicted octanol–water partition coefficient (Wildman–Crippen LogP) is 11.6. The van der Waals surface area contributed by atoms with Gasteiger partial charge in [-0.15, -0.1) is 0 Å². The number of allylic oxidation sites excluding steroid dienone is 5. The number of hydrogen-bond donors (Lipinski definition) is 0. The molecule has 0 atom stereocenters. The van der Waals surface area contributed by atoms with E-state index in [9.17, 15) is 0 Å². The van der Waals surface area contributed by atoms with Crippen molar-refractivity contribution in [3.63, 3.8) is 0 Å². The van der Waals surface area contributed by atoms with Crippen LogP contribution in [0, 0.1) is 0 Å². The molecule has 0 fully saturated rings. The number of aromatic nitrogens is 4. The maximum absolute atomic E-state index is 4.88. The first-order chi connectivity index (χ1) is 27.7. The summed E-state index contributed by atoms with van der Waals surface area (Å²) < 4.78 is 7.16. The second-order valence-electron chi connectivity index (χ2n) is 14.7. The van der Waals surface area contributed by atoms with Crippen molar-refractivity contribution in [3.05, 3.63) is 193 Å². The molecule has 1 aliphatic rings. The molecular formula is C52H38N4. The molecule has 0 N–H and O–H groups in total. The summed E-state index contributed by atoms with van der Waals surface area (Å²) in [4.78, 5) is 4.88. The molecule has 0 unspecified atom stereocenters. The van der Waals surface area contributed by atoms with Gasteiger partial charge in [-0.1, -0.05) is 104 Å². The van der Waals surface area contributed by atoms with Crippen LogP contribution in [0.1, 0.15) is 18.4 Å². The zero-order chi connectivity index (χ0) is 37.2. The Morgan fingerprint density at radius 3 is 2.05 bits per heavy atom. The van der Waals surface area contributed by atoms with Gasteiger partial charge >= 0.3 is 0 Å². The van der Waals surface area contributed by atoms with Crippen LogP contribution in [0.2, 0.25) is 0 Å². The first-order valence-corrected chi connectivity index (χ1v) is 19.5. The molecule has 0 saturated carbocycles. The van der Waals surface area contributed by atoms with Crippen LogP contribution >= 0.6 is 0 Å². The van der Waals surface area contributed by atoms with Gasteiger partial charge in [0.1, 0.15) is 5.82 Å². The van der Waals surface area contributed by atoms with Crippen LogP contribution < -0.4 is 10.6 Å². The van der Waals surface area contributed by atoms with E-state index >= 15 is 0 Å². The lowest BCUT2D eigenvalue weighted by molar-refractivity contribution is 1.00. The van der Waals surface area contributed by atoms with Gasteiger partial charge in [-0.3, -0.25) is 4.57 Å². The van der Waals surface area contributed by atoms with Gasteiger partial charge in [-0.05, 0) is 114 Å². The maximum Gasteiger partial charge on any atom is 0.137 e. The highest BCUT2D eigenvalue weighted by atomic mass is 15.1. The summed E-state index contributed by atoms with van der Waals surface area (Å²) >= 11 is 0. The lowest BCUT2D eigenvalue weighted by atomic mass is 10.0. The summed E-state index contributed by atoms with van der Waals surface area (Å²) in [5.74, 6) is 0.909. The molecule has 0 bridgehead atoms. The molecule has 6 aromatic carbocycles. The maximum atomic E-state index is 4.88. The highest BCUT2D eigenvalue weighted by molar-refractivity contribution is 6.20. The van der Waals surface area contributed by atoms with Gasteiger partial charge in [-0.25, -0.2) is 4.98 Å². The summed E-state index contributed by atoms with van der Waals surface area (Å²) in [5.41, 5.74) is 9.52. The van der Waals surface area contributed by atoms with E-state index in [-0.39, 0.29) is 0 Å². The van der Waals surface area contributed by atoms with Gasteiger partial charge in [0.2, 0.25) is 0 Å². The second kappa shape index (κ2) is 13.0. The summed E-state index contributed by atoms with van der Waals surface area (Å²) in [7, 11) is 0. The minimum atomic E-state index is 0.784. The number of pyridine rings is 1. The Balaban J connectivity index is 1.17. The van der Waals surface area contributed by atoms with Crippen LogP contribution in [0.15, 0.2) is 177 Å². The van der Waals surface area contributed by atoms with E-state index in [0.717, 1.165) is 47.2 Å². The number of hydrogen-bond acceptors (Lipinski definition) is 1. The third-order valence-electron chi connectivity index (χ3n) is 11.5. The normalized spacial score (nSPS) is 14.0. The van der Waals surface area contributed by atoms with Crippen LogP contribution in [0.3, 0.4) is 0 Å². The molecule has 266 valence electrons. The van der Waals surface area contributed by atoms with E-state index in [0.29, 0.717) is 0 Å². The van der Waals surface area contributed by atoms with Gasteiger partial charge in [0.25, 0.3) is 0 Å². The first kappa shape index (κ1) is 32.3. The van der Waals surface area contributed by atoms with Gasteiger partial charge in [0.05, 0.1) is 32.9 Å². The van der Waals surface area contributed by atoms with Crippen molar-refractivity contribution in [1.29, 1.82) is 0 Å². The molecule has 0 spiro atoms. The molecule has 0 saturated heterocycles. The largest absolute Gasteiger partial charge is 0.310 e. The third kappa shape index (κ3) is 5.03. The minimum absolute atomic E-state index is 0.784. The van der Waals surface area contributed by atoms with E-state index < -0.39 is 0 Å². The second-order valence-corrected chi connectivity index (χ2v) is 14.7. The minimum Gasteiger partial charge on any atom is -0.310 e. The molecule has 56 heavy (non-hydrogen) atoms. The highest BCUT2D eigenvalue weighted by Gasteiger charge is 2.20. The molecule has 4 aromatic heterocycles. The first-order valence-electron chi connectivity index (χ1n) is 19.5. The Kier molecular flexibility index (Phi) is 7.49.